The lowest BCUT2D eigenvalue weighted by Crippen LogP contribution is -2.47. The Hall–Kier alpha value is -0.780. The number of aliphatic hydroxyl groups excluding tert-OH is 1. The molecule has 0 saturated carbocycles. The highest BCUT2D eigenvalue weighted by Crippen LogP contribution is 2.26. The van der Waals surface area contributed by atoms with Gasteiger partial charge >= 0.3 is 6.03 Å². The van der Waals surface area contributed by atoms with Crippen molar-refractivity contribution in [1.82, 2.24) is 10.2 Å². The van der Waals surface area contributed by atoms with Crippen LogP contribution in [0.3, 0.4) is 0 Å². The van der Waals surface area contributed by atoms with Crippen LogP contribution in [0.1, 0.15) is 30.7 Å². The number of β-amino-alcohol motifs (C(OH)–C–C–N with tert-alkyl or cyclic N) is 1. The molecule has 1 saturated heterocycles. The Morgan fingerprint density at radius 1 is 1.67 bits per heavy atom. The Kier molecular flexibility index (Phi) is 4.48. The topological polar surface area (TPSA) is 52.6 Å². The van der Waals surface area contributed by atoms with Gasteiger partial charge in [0.15, 0.2) is 0 Å². The molecule has 0 aliphatic carbocycles. The lowest BCUT2D eigenvalue weighted by Gasteiger charge is -2.31. The molecule has 2 amide bonds. The highest BCUT2D eigenvalue weighted by Gasteiger charge is 2.23. The Balaban J connectivity index is 1.90. The van der Waals surface area contributed by atoms with Crippen molar-refractivity contribution in [3.05, 3.63) is 21.3 Å². The normalized spacial score (nSPS) is 21.7. The summed E-state index contributed by atoms with van der Waals surface area (Å²) >= 11 is 7.34. The molecule has 1 aromatic heterocycles. The Morgan fingerprint density at radius 3 is 3.06 bits per heavy atom. The zero-order chi connectivity index (χ0) is 13.1. The van der Waals surface area contributed by atoms with Gasteiger partial charge in [-0.05, 0) is 31.9 Å². The Bertz CT molecular complexity index is 424. The predicted octanol–water partition coefficient (Wildman–Crippen LogP) is 2.63. The molecule has 18 heavy (non-hydrogen) atoms. The van der Waals surface area contributed by atoms with Gasteiger partial charge in [0.1, 0.15) is 0 Å². The smallest absolute Gasteiger partial charge is 0.317 e. The quantitative estimate of drug-likeness (QED) is 0.879. The molecule has 2 rings (SSSR count). The minimum absolute atomic E-state index is 0.0610. The van der Waals surface area contributed by atoms with E-state index in [1.807, 2.05) is 19.1 Å². The molecule has 6 heteroatoms. The third kappa shape index (κ3) is 3.37. The van der Waals surface area contributed by atoms with Gasteiger partial charge in [0.2, 0.25) is 0 Å². The van der Waals surface area contributed by atoms with E-state index < -0.39 is 6.10 Å². The second-order valence-electron chi connectivity index (χ2n) is 4.56. The van der Waals surface area contributed by atoms with Gasteiger partial charge in [0.25, 0.3) is 0 Å². The lowest BCUT2D eigenvalue weighted by atomic mass is 10.1. The number of hydrogen-bond donors (Lipinski definition) is 2. The SMILES string of the molecule is CC(NC(=O)N1CCCC(O)C1)c1ccc(Cl)s1. The summed E-state index contributed by atoms with van der Waals surface area (Å²) in [4.78, 5) is 14.7. The van der Waals surface area contributed by atoms with Crippen molar-refractivity contribution >= 4 is 29.0 Å². The standard InChI is InChI=1S/C12H17ClN2O2S/c1-8(10-4-5-11(13)18-10)14-12(17)15-6-2-3-9(16)7-15/h4-5,8-9,16H,2-3,6-7H2,1H3,(H,14,17). The minimum atomic E-state index is -0.393. The maximum atomic E-state index is 12.0. The van der Waals surface area contributed by atoms with E-state index in [1.54, 1.807) is 4.90 Å². The van der Waals surface area contributed by atoms with Crippen LogP contribution >= 0.6 is 22.9 Å². The number of likely N-dealkylation sites (tertiary alicyclic amines) is 1. The average molecular weight is 289 g/mol. The first-order valence-electron chi connectivity index (χ1n) is 6.05. The first-order chi connectivity index (χ1) is 8.56. The first-order valence-corrected chi connectivity index (χ1v) is 7.24. The summed E-state index contributed by atoms with van der Waals surface area (Å²) in [6.07, 6.45) is 1.24. The molecule has 2 atom stereocenters. The van der Waals surface area contributed by atoms with Crippen molar-refractivity contribution in [3.63, 3.8) is 0 Å². The van der Waals surface area contributed by atoms with Crippen molar-refractivity contribution in [2.45, 2.75) is 31.9 Å². The fraction of sp³-hybridized carbons (Fsp3) is 0.583. The minimum Gasteiger partial charge on any atom is -0.391 e. The monoisotopic (exact) mass is 288 g/mol. The number of hydrogen-bond acceptors (Lipinski definition) is 3. The highest BCUT2D eigenvalue weighted by atomic mass is 35.5. The summed E-state index contributed by atoms with van der Waals surface area (Å²) in [5.41, 5.74) is 0. The molecule has 2 unspecified atom stereocenters. The summed E-state index contributed by atoms with van der Waals surface area (Å²) in [7, 11) is 0. The van der Waals surface area contributed by atoms with Crippen LogP contribution in [0.25, 0.3) is 0 Å². The molecule has 0 radical (unpaired) electrons. The third-order valence-electron chi connectivity index (χ3n) is 3.04. The summed E-state index contributed by atoms with van der Waals surface area (Å²) < 4.78 is 0.722. The van der Waals surface area contributed by atoms with Crippen LogP contribution in [0.4, 0.5) is 4.79 Å². The second kappa shape index (κ2) is 5.91. The van der Waals surface area contributed by atoms with Gasteiger partial charge in [-0.15, -0.1) is 11.3 Å². The van der Waals surface area contributed by atoms with Crippen LogP contribution in [0.2, 0.25) is 4.34 Å². The van der Waals surface area contributed by atoms with E-state index in [1.165, 1.54) is 11.3 Å². The van der Waals surface area contributed by atoms with Gasteiger partial charge < -0.3 is 15.3 Å². The Labute approximate surface area is 116 Å². The molecule has 1 fully saturated rings. The number of nitrogens with zero attached hydrogens (tertiary/aromatic N) is 1. The van der Waals surface area contributed by atoms with Gasteiger partial charge in [-0.25, -0.2) is 4.79 Å². The van der Waals surface area contributed by atoms with Crippen LogP contribution < -0.4 is 5.32 Å². The molecule has 2 heterocycles. The fourth-order valence-electron chi connectivity index (χ4n) is 2.05. The van der Waals surface area contributed by atoms with E-state index in [0.29, 0.717) is 13.1 Å². The van der Waals surface area contributed by atoms with Crippen molar-refractivity contribution in [1.29, 1.82) is 0 Å². The van der Waals surface area contributed by atoms with E-state index >= 15 is 0 Å². The molecule has 2 N–H and O–H groups in total. The van der Waals surface area contributed by atoms with Crippen LogP contribution in [0, 0.1) is 0 Å². The number of nitrogens with one attached hydrogen (secondary N) is 1. The summed E-state index contributed by atoms with van der Waals surface area (Å²) in [6, 6.07) is 3.57. The number of urea groups is 1. The third-order valence-corrected chi connectivity index (χ3v) is 4.46. The van der Waals surface area contributed by atoms with Gasteiger partial charge in [0.05, 0.1) is 16.5 Å². The summed E-state index contributed by atoms with van der Waals surface area (Å²) in [6.45, 7) is 3.06. The van der Waals surface area contributed by atoms with E-state index in [-0.39, 0.29) is 12.1 Å². The molecular weight excluding hydrogens is 272 g/mol. The molecule has 1 aromatic rings. The van der Waals surface area contributed by atoms with Crippen molar-refractivity contribution in [3.8, 4) is 0 Å². The number of aliphatic hydroxyl groups is 1. The maximum Gasteiger partial charge on any atom is 0.317 e. The maximum absolute atomic E-state index is 12.0. The van der Waals surface area contributed by atoms with Crippen molar-refractivity contribution < 1.29 is 9.90 Å². The number of carbonyl (C=O) groups excluding carboxylic acids is 1. The van der Waals surface area contributed by atoms with Crippen molar-refractivity contribution in [2.24, 2.45) is 0 Å². The molecule has 4 nitrogen and oxygen atoms in total. The number of rotatable bonds is 2. The predicted molar refractivity (Wildman–Crippen MR) is 73.1 cm³/mol. The zero-order valence-corrected chi connectivity index (χ0v) is 11.8. The molecule has 1 aliphatic heterocycles. The molecule has 1 aliphatic rings. The van der Waals surface area contributed by atoms with Gasteiger partial charge in [-0.3, -0.25) is 0 Å². The van der Waals surface area contributed by atoms with Crippen molar-refractivity contribution in [2.75, 3.05) is 13.1 Å². The number of amides is 2. The van der Waals surface area contributed by atoms with Crippen LogP contribution in [0.15, 0.2) is 12.1 Å². The molecule has 0 spiro atoms. The summed E-state index contributed by atoms with van der Waals surface area (Å²) in [5, 5.41) is 12.5. The van der Waals surface area contributed by atoms with E-state index in [2.05, 4.69) is 5.32 Å². The van der Waals surface area contributed by atoms with Crippen LogP contribution in [-0.4, -0.2) is 35.2 Å². The molecular formula is C12H17ClN2O2S. The summed E-state index contributed by atoms with van der Waals surface area (Å²) in [5.74, 6) is 0. The number of carbonyl (C=O) groups is 1. The van der Waals surface area contributed by atoms with E-state index in [9.17, 15) is 9.90 Å². The Morgan fingerprint density at radius 2 is 2.44 bits per heavy atom. The van der Waals surface area contributed by atoms with E-state index in [4.69, 9.17) is 11.6 Å². The largest absolute Gasteiger partial charge is 0.391 e. The first kappa shape index (κ1) is 13.6. The van der Waals surface area contributed by atoms with Crippen LogP contribution in [-0.2, 0) is 0 Å². The van der Waals surface area contributed by atoms with Gasteiger partial charge in [-0.1, -0.05) is 11.6 Å². The van der Waals surface area contributed by atoms with E-state index in [0.717, 1.165) is 22.1 Å². The van der Waals surface area contributed by atoms with Gasteiger partial charge in [-0.2, -0.15) is 0 Å². The molecule has 100 valence electrons. The molecule has 0 bridgehead atoms. The zero-order valence-electron chi connectivity index (χ0n) is 10.2. The molecule has 0 aromatic carbocycles. The number of thiophene rings is 1. The fourth-order valence-corrected chi connectivity index (χ4v) is 3.11. The highest BCUT2D eigenvalue weighted by molar-refractivity contribution is 7.16. The second-order valence-corrected chi connectivity index (χ2v) is 6.30. The van der Waals surface area contributed by atoms with Gasteiger partial charge in [0, 0.05) is 18.0 Å². The lowest BCUT2D eigenvalue weighted by molar-refractivity contribution is 0.0835. The number of piperidine rings is 1. The van der Waals surface area contributed by atoms with Crippen LogP contribution in [0.5, 0.6) is 0 Å². The number of halogens is 1. The average Bonchev–Trinajstić information content (AvgIpc) is 2.76.